The van der Waals surface area contributed by atoms with Crippen molar-refractivity contribution in [2.24, 2.45) is 7.05 Å². The summed E-state index contributed by atoms with van der Waals surface area (Å²) in [5.74, 6) is 0.332. The van der Waals surface area contributed by atoms with Gasteiger partial charge in [-0.15, -0.1) is 0 Å². The largest absolute Gasteiger partial charge is 0.465 e. The molecule has 5 nitrogen and oxygen atoms in total. The summed E-state index contributed by atoms with van der Waals surface area (Å²) in [7, 11) is 1.76. The summed E-state index contributed by atoms with van der Waals surface area (Å²) in [6, 6.07) is 7.46. The van der Waals surface area contributed by atoms with Crippen LogP contribution >= 0.6 is 0 Å². The van der Waals surface area contributed by atoms with Crippen LogP contribution in [0.15, 0.2) is 24.3 Å². The molecule has 0 aliphatic carbocycles. The average molecular weight is 191 g/mol. The molecule has 0 unspecified atom stereocenters. The third kappa shape index (κ3) is 1.28. The SMILES string of the molecule is Cn1c(NC(=O)O)nc2ccccc21. The Labute approximate surface area is 80.0 Å². The maximum Gasteiger partial charge on any atom is 0.411 e. The third-order valence-corrected chi connectivity index (χ3v) is 2.01. The maximum absolute atomic E-state index is 10.4. The van der Waals surface area contributed by atoms with Gasteiger partial charge in [0.2, 0.25) is 5.95 Å². The van der Waals surface area contributed by atoms with Gasteiger partial charge < -0.3 is 9.67 Å². The Bertz CT molecular complexity index is 490. The number of aryl methyl sites for hydroxylation is 1. The molecule has 0 aliphatic rings. The summed E-state index contributed by atoms with van der Waals surface area (Å²) in [6.45, 7) is 0. The first kappa shape index (κ1) is 8.55. The highest BCUT2D eigenvalue weighted by Crippen LogP contribution is 2.17. The summed E-state index contributed by atoms with van der Waals surface area (Å²) >= 11 is 0. The number of carbonyl (C=O) groups is 1. The van der Waals surface area contributed by atoms with E-state index in [4.69, 9.17) is 5.11 Å². The molecule has 1 heterocycles. The minimum absolute atomic E-state index is 0.332. The topological polar surface area (TPSA) is 67.2 Å². The zero-order valence-electron chi connectivity index (χ0n) is 7.56. The molecule has 0 spiro atoms. The molecule has 72 valence electrons. The monoisotopic (exact) mass is 191 g/mol. The third-order valence-electron chi connectivity index (χ3n) is 2.01. The second kappa shape index (κ2) is 3.02. The number of para-hydroxylation sites is 2. The van der Waals surface area contributed by atoms with Gasteiger partial charge in [-0.1, -0.05) is 12.1 Å². The molecule has 2 rings (SSSR count). The van der Waals surface area contributed by atoms with Crippen LogP contribution in [0.5, 0.6) is 0 Å². The van der Waals surface area contributed by atoms with Crippen molar-refractivity contribution in [3.63, 3.8) is 0 Å². The lowest BCUT2D eigenvalue weighted by Crippen LogP contribution is -2.11. The van der Waals surface area contributed by atoms with Gasteiger partial charge in [-0.05, 0) is 12.1 Å². The quantitative estimate of drug-likeness (QED) is 0.720. The Balaban J connectivity index is 2.57. The molecule has 14 heavy (non-hydrogen) atoms. The molecule has 0 bridgehead atoms. The number of benzene rings is 1. The highest BCUT2D eigenvalue weighted by Gasteiger charge is 2.08. The van der Waals surface area contributed by atoms with Crippen LogP contribution in [-0.2, 0) is 7.05 Å². The van der Waals surface area contributed by atoms with Gasteiger partial charge in [-0.25, -0.2) is 9.78 Å². The fourth-order valence-corrected chi connectivity index (χ4v) is 1.35. The fraction of sp³-hybridized carbons (Fsp3) is 0.111. The molecule has 0 saturated carbocycles. The number of hydrogen-bond acceptors (Lipinski definition) is 2. The van der Waals surface area contributed by atoms with Crippen molar-refractivity contribution in [2.75, 3.05) is 5.32 Å². The van der Waals surface area contributed by atoms with Gasteiger partial charge in [-0.2, -0.15) is 0 Å². The Morgan fingerprint density at radius 2 is 2.21 bits per heavy atom. The van der Waals surface area contributed by atoms with Crippen molar-refractivity contribution < 1.29 is 9.90 Å². The van der Waals surface area contributed by atoms with Gasteiger partial charge in [0.15, 0.2) is 0 Å². The number of hydrogen-bond donors (Lipinski definition) is 2. The van der Waals surface area contributed by atoms with Crippen molar-refractivity contribution in [3.05, 3.63) is 24.3 Å². The van der Waals surface area contributed by atoms with Crippen LogP contribution in [0.2, 0.25) is 0 Å². The molecule has 1 aromatic heterocycles. The van der Waals surface area contributed by atoms with Crippen molar-refractivity contribution in [1.82, 2.24) is 9.55 Å². The van der Waals surface area contributed by atoms with E-state index in [-0.39, 0.29) is 0 Å². The van der Waals surface area contributed by atoms with E-state index in [9.17, 15) is 4.79 Å². The second-order valence-electron chi connectivity index (χ2n) is 2.91. The Kier molecular flexibility index (Phi) is 1.85. The number of carboxylic acid groups (broad SMARTS) is 1. The number of amides is 1. The van der Waals surface area contributed by atoms with E-state index in [0.29, 0.717) is 5.95 Å². The molecule has 1 amide bonds. The zero-order chi connectivity index (χ0) is 10.1. The number of imidazole rings is 1. The second-order valence-corrected chi connectivity index (χ2v) is 2.91. The van der Waals surface area contributed by atoms with Crippen molar-refractivity contribution in [2.45, 2.75) is 0 Å². The number of fused-ring (bicyclic) bond motifs is 1. The summed E-state index contributed by atoms with van der Waals surface area (Å²) < 4.78 is 1.70. The first-order valence-corrected chi connectivity index (χ1v) is 4.10. The predicted octanol–water partition coefficient (Wildman–Crippen LogP) is 1.66. The summed E-state index contributed by atoms with van der Waals surface area (Å²) in [6.07, 6.45) is -1.11. The normalized spacial score (nSPS) is 10.4. The molecule has 0 radical (unpaired) electrons. The van der Waals surface area contributed by atoms with E-state index in [0.717, 1.165) is 11.0 Å². The molecule has 0 aliphatic heterocycles. The lowest BCUT2D eigenvalue weighted by molar-refractivity contribution is 0.209. The van der Waals surface area contributed by atoms with Crippen LogP contribution in [0.25, 0.3) is 11.0 Å². The number of anilines is 1. The summed E-state index contributed by atoms with van der Waals surface area (Å²) in [5, 5.41) is 10.8. The highest BCUT2D eigenvalue weighted by molar-refractivity contribution is 5.85. The van der Waals surface area contributed by atoms with Crippen LogP contribution in [0.1, 0.15) is 0 Å². The summed E-state index contributed by atoms with van der Waals surface area (Å²) in [4.78, 5) is 14.6. The number of rotatable bonds is 1. The van der Waals surface area contributed by atoms with Crippen LogP contribution < -0.4 is 5.32 Å². The number of nitrogens with zero attached hydrogens (tertiary/aromatic N) is 2. The lowest BCUT2D eigenvalue weighted by atomic mass is 10.3. The van der Waals surface area contributed by atoms with E-state index < -0.39 is 6.09 Å². The first-order chi connectivity index (χ1) is 6.68. The van der Waals surface area contributed by atoms with Gasteiger partial charge >= 0.3 is 6.09 Å². The summed E-state index contributed by atoms with van der Waals surface area (Å²) in [5.41, 5.74) is 1.68. The molecule has 2 N–H and O–H groups in total. The van der Waals surface area contributed by atoms with Gasteiger partial charge in [0, 0.05) is 7.05 Å². The van der Waals surface area contributed by atoms with Crippen molar-refractivity contribution in [3.8, 4) is 0 Å². The fourth-order valence-electron chi connectivity index (χ4n) is 1.35. The van der Waals surface area contributed by atoms with Crippen LogP contribution in [0, 0.1) is 0 Å². The van der Waals surface area contributed by atoms with Crippen molar-refractivity contribution in [1.29, 1.82) is 0 Å². The smallest absolute Gasteiger partial charge is 0.411 e. The molecule has 0 saturated heterocycles. The first-order valence-electron chi connectivity index (χ1n) is 4.10. The minimum atomic E-state index is -1.11. The lowest BCUT2D eigenvalue weighted by Gasteiger charge is -1.99. The van der Waals surface area contributed by atoms with E-state index in [1.807, 2.05) is 24.3 Å². The van der Waals surface area contributed by atoms with Crippen LogP contribution in [0.4, 0.5) is 10.7 Å². The van der Waals surface area contributed by atoms with Crippen molar-refractivity contribution >= 4 is 23.1 Å². The average Bonchev–Trinajstić information content (AvgIpc) is 2.44. The zero-order valence-corrected chi connectivity index (χ0v) is 7.56. The van der Waals surface area contributed by atoms with Gasteiger partial charge in [0.25, 0.3) is 0 Å². The number of aromatic nitrogens is 2. The van der Waals surface area contributed by atoms with E-state index >= 15 is 0 Å². The molecular weight excluding hydrogens is 182 g/mol. The molecule has 0 atom stereocenters. The Morgan fingerprint density at radius 1 is 1.50 bits per heavy atom. The number of nitrogens with one attached hydrogen (secondary N) is 1. The highest BCUT2D eigenvalue weighted by atomic mass is 16.4. The minimum Gasteiger partial charge on any atom is -0.465 e. The standard InChI is InChI=1S/C9H9N3O2/c1-12-7-5-3-2-4-6(7)10-8(12)11-9(13)14/h2-5H,1H3,(H,10,11)(H,13,14). The Morgan fingerprint density at radius 3 is 2.86 bits per heavy atom. The van der Waals surface area contributed by atoms with Crippen LogP contribution in [0.3, 0.4) is 0 Å². The Hall–Kier alpha value is -2.04. The van der Waals surface area contributed by atoms with Crippen LogP contribution in [-0.4, -0.2) is 20.8 Å². The molecule has 2 aromatic rings. The molecule has 5 heteroatoms. The molecule has 1 aromatic carbocycles. The molecular formula is C9H9N3O2. The molecule has 0 fully saturated rings. The van der Waals surface area contributed by atoms with Gasteiger partial charge in [0.05, 0.1) is 11.0 Å². The van der Waals surface area contributed by atoms with E-state index in [2.05, 4.69) is 10.3 Å². The van der Waals surface area contributed by atoms with E-state index in [1.54, 1.807) is 11.6 Å². The van der Waals surface area contributed by atoms with Gasteiger partial charge in [-0.3, -0.25) is 5.32 Å². The van der Waals surface area contributed by atoms with Gasteiger partial charge in [0.1, 0.15) is 0 Å². The van der Waals surface area contributed by atoms with E-state index in [1.165, 1.54) is 0 Å². The predicted molar refractivity (Wildman–Crippen MR) is 52.4 cm³/mol. The maximum atomic E-state index is 10.4.